The third-order valence-corrected chi connectivity index (χ3v) is 3.23. The first-order valence-electron chi connectivity index (χ1n) is 6.87. The van der Waals surface area contributed by atoms with Crippen LogP contribution in [0, 0.1) is 0 Å². The van der Waals surface area contributed by atoms with Gasteiger partial charge < -0.3 is 24.3 Å². The third-order valence-electron chi connectivity index (χ3n) is 3.23. The number of rotatable bonds is 8. The molecule has 1 aromatic heterocycles. The Hall–Kier alpha value is -1.98. The quantitative estimate of drug-likeness (QED) is 0.729. The predicted molar refractivity (Wildman–Crippen MR) is 79.6 cm³/mol. The highest BCUT2D eigenvalue weighted by molar-refractivity contribution is 5.46. The van der Waals surface area contributed by atoms with E-state index < -0.39 is 0 Å². The monoisotopic (exact) mass is 291 g/mol. The van der Waals surface area contributed by atoms with Crippen molar-refractivity contribution in [2.24, 2.45) is 0 Å². The Kier molecular flexibility index (Phi) is 5.66. The first-order valence-corrected chi connectivity index (χ1v) is 6.87. The summed E-state index contributed by atoms with van der Waals surface area (Å²) >= 11 is 0. The standard InChI is InChI=1S/C16H21NO4/c1-19-15-5-3-4-12(16(15)20-2)8-9-17-10-13-6-7-14(11-18)21-13/h3-7,17-18H,8-11H2,1-2H3. The molecule has 1 aromatic carbocycles. The van der Waals surface area contributed by atoms with Crippen molar-refractivity contribution < 1.29 is 19.0 Å². The molecule has 0 amide bonds. The minimum atomic E-state index is -0.0684. The van der Waals surface area contributed by atoms with Crippen LogP contribution in [0.5, 0.6) is 11.5 Å². The van der Waals surface area contributed by atoms with Crippen LogP contribution in [0.15, 0.2) is 34.7 Å². The van der Waals surface area contributed by atoms with Crippen LogP contribution in [0.25, 0.3) is 0 Å². The molecule has 21 heavy (non-hydrogen) atoms. The number of furan rings is 1. The Morgan fingerprint density at radius 1 is 1.10 bits per heavy atom. The van der Waals surface area contributed by atoms with Crippen molar-refractivity contribution in [2.45, 2.75) is 19.6 Å². The smallest absolute Gasteiger partial charge is 0.163 e. The fraction of sp³-hybridized carbons (Fsp3) is 0.375. The van der Waals surface area contributed by atoms with Crippen molar-refractivity contribution in [3.8, 4) is 11.5 Å². The van der Waals surface area contributed by atoms with Crippen molar-refractivity contribution in [1.82, 2.24) is 5.32 Å². The van der Waals surface area contributed by atoms with Gasteiger partial charge in [-0.25, -0.2) is 0 Å². The maximum absolute atomic E-state index is 8.94. The van der Waals surface area contributed by atoms with E-state index in [4.69, 9.17) is 19.0 Å². The van der Waals surface area contributed by atoms with Gasteiger partial charge in [0.2, 0.25) is 0 Å². The van der Waals surface area contributed by atoms with Crippen molar-refractivity contribution >= 4 is 0 Å². The maximum Gasteiger partial charge on any atom is 0.163 e. The molecule has 0 fully saturated rings. The number of aliphatic hydroxyl groups excluding tert-OH is 1. The summed E-state index contributed by atoms with van der Waals surface area (Å²) in [6.07, 6.45) is 0.827. The van der Waals surface area contributed by atoms with Crippen LogP contribution in [0.4, 0.5) is 0 Å². The predicted octanol–water partition coefficient (Wildman–Crippen LogP) is 2.12. The third kappa shape index (κ3) is 4.00. The summed E-state index contributed by atoms with van der Waals surface area (Å²) in [4.78, 5) is 0. The molecule has 5 heteroatoms. The van der Waals surface area contributed by atoms with Gasteiger partial charge in [-0.2, -0.15) is 0 Å². The molecule has 0 radical (unpaired) electrons. The van der Waals surface area contributed by atoms with Gasteiger partial charge in [-0.1, -0.05) is 12.1 Å². The van der Waals surface area contributed by atoms with E-state index in [2.05, 4.69) is 5.32 Å². The van der Waals surface area contributed by atoms with Gasteiger partial charge in [0.25, 0.3) is 0 Å². The topological polar surface area (TPSA) is 63.9 Å². The minimum absolute atomic E-state index is 0.0684. The zero-order valence-corrected chi connectivity index (χ0v) is 12.4. The number of para-hydroxylation sites is 1. The summed E-state index contributed by atoms with van der Waals surface area (Å²) < 4.78 is 16.1. The molecule has 5 nitrogen and oxygen atoms in total. The van der Waals surface area contributed by atoms with Gasteiger partial charge in [-0.15, -0.1) is 0 Å². The average Bonchev–Trinajstić information content (AvgIpc) is 2.99. The van der Waals surface area contributed by atoms with Gasteiger partial charge in [0, 0.05) is 0 Å². The lowest BCUT2D eigenvalue weighted by Gasteiger charge is -2.12. The number of methoxy groups -OCH3 is 2. The zero-order valence-electron chi connectivity index (χ0n) is 12.4. The van der Waals surface area contributed by atoms with E-state index in [1.807, 2.05) is 24.3 Å². The molecule has 0 atom stereocenters. The lowest BCUT2D eigenvalue weighted by molar-refractivity contribution is 0.243. The number of benzene rings is 1. The van der Waals surface area contributed by atoms with Crippen LogP contribution in [0.3, 0.4) is 0 Å². The van der Waals surface area contributed by atoms with Gasteiger partial charge in [0.1, 0.15) is 18.1 Å². The van der Waals surface area contributed by atoms with Crippen LogP contribution < -0.4 is 14.8 Å². The SMILES string of the molecule is COc1cccc(CCNCc2ccc(CO)o2)c1OC. The van der Waals surface area contributed by atoms with Crippen molar-refractivity contribution in [3.63, 3.8) is 0 Å². The van der Waals surface area contributed by atoms with E-state index in [9.17, 15) is 0 Å². The number of aliphatic hydroxyl groups is 1. The number of hydrogen-bond acceptors (Lipinski definition) is 5. The van der Waals surface area contributed by atoms with Gasteiger partial charge in [0.15, 0.2) is 11.5 Å². The summed E-state index contributed by atoms with van der Waals surface area (Å²) in [7, 11) is 3.28. The second-order valence-electron chi connectivity index (χ2n) is 4.61. The second-order valence-corrected chi connectivity index (χ2v) is 4.61. The van der Waals surface area contributed by atoms with Gasteiger partial charge in [-0.3, -0.25) is 0 Å². The van der Waals surface area contributed by atoms with Gasteiger partial charge in [0.05, 0.1) is 20.8 Å². The number of hydrogen-bond donors (Lipinski definition) is 2. The van der Waals surface area contributed by atoms with Crippen LogP contribution in [-0.4, -0.2) is 25.9 Å². The maximum atomic E-state index is 8.94. The molecule has 0 aliphatic heterocycles. The van der Waals surface area contributed by atoms with Crippen LogP contribution in [-0.2, 0) is 19.6 Å². The molecule has 0 aliphatic carbocycles. The molecule has 2 N–H and O–H groups in total. The molecule has 1 heterocycles. The molecule has 0 bridgehead atoms. The van der Waals surface area contributed by atoms with E-state index in [1.165, 1.54) is 0 Å². The zero-order chi connectivity index (χ0) is 15.1. The summed E-state index contributed by atoms with van der Waals surface area (Å²) in [6.45, 7) is 1.35. The normalized spacial score (nSPS) is 10.6. The molecule has 0 saturated carbocycles. The molecule has 0 saturated heterocycles. The van der Waals surface area contributed by atoms with E-state index in [0.29, 0.717) is 12.3 Å². The first kappa shape index (κ1) is 15.4. The Bertz CT molecular complexity index is 565. The van der Waals surface area contributed by atoms with Gasteiger partial charge in [-0.05, 0) is 36.7 Å². The highest BCUT2D eigenvalue weighted by atomic mass is 16.5. The minimum Gasteiger partial charge on any atom is -0.493 e. The molecular formula is C16H21NO4. The first-order chi connectivity index (χ1) is 10.3. The highest BCUT2D eigenvalue weighted by Crippen LogP contribution is 2.30. The lowest BCUT2D eigenvalue weighted by Crippen LogP contribution is -2.16. The molecule has 2 aromatic rings. The summed E-state index contributed by atoms with van der Waals surface area (Å²) in [5.74, 6) is 2.92. The fourth-order valence-corrected chi connectivity index (χ4v) is 2.19. The highest BCUT2D eigenvalue weighted by Gasteiger charge is 2.09. The Balaban J connectivity index is 1.86. The number of ether oxygens (including phenoxy) is 2. The van der Waals surface area contributed by atoms with E-state index in [0.717, 1.165) is 35.8 Å². The van der Waals surface area contributed by atoms with Crippen LogP contribution in [0.1, 0.15) is 17.1 Å². The van der Waals surface area contributed by atoms with E-state index >= 15 is 0 Å². The molecule has 0 unspecified atom stereocenters. The molecule has 2 rings (SSSR count). The summed E-state index contributed by atoms with van der Waals surface area (Å²) in [6, 6.07) is 9.51. The van der Waals surface area contributed by atoms with Crippen molar-refractivity contribution in [1.29, 1.82) is 0 Å². The average molecular weight is 291 g/mol. The van der Waals surface area contributed by atoms with Gasteiger partial charge >= 0.3 is 0 Å². The largest absolute Gasteiger partial charge is 0.493 e. The Labute approximate surface area is 124 Å². The number of nitrogens with one attached hydrogen (secondary N) is 1. The summed E-state index contributed by atoms with van der Waals surface area (Å²) in [5.41, 5.74) is 1.10. The van der Waals surface area contributed by atoms with E-state index in [-0.39, 0.29) is 6.61 Å². The molecule has 0 aliphatic rings. The second kappa shape index (κ2) is 7.71. The van der Waals surface area contributed by atoms with E-state index in [1.54, 1.807) is 20.3 Å². The fourth-order valence-electron chi connectivity index (χ4n) is 2.19. The molecule has 0 spiro atoms. The Morgan fingerprint density at radius 2 is 1.90 bits per heavy atom. The van der Waals surface area contributed by atoms with Crippen molar-refractivity contribution in [3.05, 3.63) is 47.4 Å². The summed E-state index contributed by atoms with van der Waals surface area (Å²) in [5, 5.41) is 12.2. The Morgan fingerprint density at radius 3 is 2.57 bits per heavy atom. The van der Waals surface area contributed by atoms with Crippen molar-refractivity contribution in [2.75, 3.05) is 20.8 Å². The van der Waals surface area contributed by atoms with Crippen LogP contribution in [0.2, 0.25) is 0 Å². The molecular weight excluding hydrogens is 270 g/mol. The molecule has 114 valence electrons. The van der Waals surface area contributed by atoms with Crippen LogP contribution >= 0.6 is 0 Å². The lowest BCUT2D eigenvalue weighted by atomic mass is 10.1.